The number of anilines is 1. The minimum absolute atomic E-state index is 0.0274. The Morgan fingerprint density at radius 1 is 1.03 bits per heavy atom. The molecular formula is C25H34N2O8. The van der Waals surface area contributed by atoms with Crippen molar-refractivity contribution in [1.29, 1.82) is 0 Å². The van der Waals surface area contributed by atoms with Crippen LogP contribution < -0.4 is 34.3 Å². The van der Waals surface area contributed by atoms with Crippen LogP contribution in [0, 0.1) is 0 Å². The van der Waals surface area contributed by atoms with Crippen LogP contribution in [0.5, 0.6) is 28.7 Å². The number of methoxy groups -OCH3 is 2. The zero-order valence-electron chi connectivity index (χ0n) is 20.3. The van der Waals surface area contributed by atoms with Crippen molar-refractivity contribution >= 4 is 11.6 Å². The Morgan fingerprint density at radius 2 is 1.77 bits per heavy atom. The van der Waals surface area contributed by atoms with E-state index < -0.39 is 6.10 Å². The van der Waals surface area contributed by atoms with Crippen molar-refractivity contribution in [2.75, 3.05) is 45.9 Å². The molecule has 35 heavy (non-hydrogen) atoms. The fourth-order valence-electron chi connectivity index (χ4n) is 3.62. The molecule has 0 aromatic heterocycles. The third kappa shape index (κ3) is 7.38. The summed E-state index contributed by atoms with van der Waals surface area (Å²) in [6.07, 6.45) is 0.187. The van der Waals surface area contributed by atoms with Crippen LogP contribution in [0.2, 0.25) is 0 Å². The molecule has 10 nitrogen and oxygen atoms in total. The van der Waals surface area contributed by atoms with E-state index in [0.29, 0.717) is 60.3 Å². The summed E-state index contributed by atoms with van der Waals surface area (Å²) < 4.78 is 27.9. The van der Waals surface area contributed by atoms with Crippen molar-refractivity contribution in [2.45, 2.75) is 38.5 Å². The van der Waals surface area contributed by atoms with Gasteiger partial charge < -0.3 is 39.2 Å². The van der Waals surface area contributed by atoms with E-state index in [1.54, 1.807) is 44.6 Å². The molecule has 1 heterocycles. The van der Waals surface area contributed by atoms with Gasteiger partial charge in [0.1, 0.15) is 36.2 Å². The minimum atomic E-state index is -0.791. The molecule has 192 valence electrons. The molecule has 10 heteroatoms. The highest BCUT2D eigenvalue weighted by atomic mass is 16.5. The Kier molecular flexibility index (Phi) is 9.83. The standard InChI is InChI=1S/C25H34N2O8/c1-16(35-18-5-7-21(31-2)23(13-18)32-3)26-14-17(29)15-34-20-8-9-22(33-12-4-11-28)25-19(20)6-10-24(30)27-25/h5,7-9,13,16-17,26,28-29H,4,6,10-12,14-15H2,1-3H3,(H,27,30). The molecule has 0 radical (unpaired) electrons. The topological polar surface area (TPSA) is 128 Å². The van der Waals surface area contributed by atoms with Gasteiger partial charge in [0.05, 0.1) is 26.5 Å². The molecule has 2 aromatic carbocycles. The number of nitrogens with one attached hydrogen (secondary N) is 2. The van der Waals surface area contributed by atoms with Crippen LogP contribution in [-0.4, -0.2) is 69.0 Å². The molecule has 0 aliphatic carbocycles. The summed E-state index contributed by atoms with van der Waals surface area (Å²) in [6, 6.07) is 8.76. The van der Waals surface area contributed by atoms with Crippen molar-refractivity contribution in [3.05, 3.63) is 35.9 Å². The van der Waals surface area contributed by atoms with Crippen LogP contribution >= 0.6 is 0 Å². The maximum Gasteiger partial charge on any atom is 0.224 e. The van der Waals surface area contributed by atoms with E-state index in [1.807, 2.05) is 6.92 Å². The Labute approximate surface area is 205 Å². The van der Waals surface area contributed by atoms with E-state index >= 15 is 0 Å². The molecule has 3 rings (SSSR count). The predicted octanol–water partition coefficient (Wildman–Crippen LogP) is 2.10. The van der Waals surface area contributed by atoms with Gasteiger partial charge in [-0.1, -0.05) is 0 Å². The number of aliphatic hydroxyl groups excluding tert-OH is 2. The first-order chi connectivity index (χ1) is 16.9. The molecule has 0 fully saturated rings. The number of amides is 1. The van der Waals surface area contributed by atoms with Crippen molar-refractivity contribution < 1.29 is 38.7 Å². The summed E-state index contributed by atoms with van der Waals surface area (Å²) in [5.41, 5.74) is 1.41. The van der Waals surface area contributed by atoms with Crippen LogP contribution in [0.1, 0.15) is 25.3 Å². The molecule has 0 saturated carbocycles. The maximum atomic E-state index is 11.9. The summed E-state index contributed by atoms with van der Waals surface area (Å²) in [5, 5.41) is 25.4. The van der Waals surface area contributed by atoms with Gasteiger partial charge in [-0.2, -0.15) is 0 Å². The molecular weight excluding hydrogens is 456 g/mol. The van der Waals surface area contributed by atoms with Crippen LogP contribution in [0.3, 0.4) is 0 Å². The van der Waals surface area contributed by atoms with Crippen molar-refractivity contribution in [3.63, 3.8) is 0 Å². The van der Waals surface area contributed by atoms with Gasteiger partial charge in [0.2, 0.25) is 5.91 Å². The lowest BCUT2D eigenvalue weighted by Gasteiger charge is -2.24. The summed E-state index contributed by atoms with van der Waals surface area (Å²) in [5.74, 6) is 2.81. The molecule has 1 aliphatic heterocycles. The van der Waals surface area contributed by atoms with Crippen LogP contribution in [0.25, 0.3) is 0 Å². The number of rotatable bonds is 14. The van der Waals surface area contributed by atoms with E-state index in [9.17, 15) is 9.90 Å². The number of hydrogen-bond donors (Lipinski definition) is 4. The lowest BCUT2D eigenvalue weighted by Crippen LogP contribution is -2.39. The lowest BCUT2D eigenvalue weighted by molar-refractivity contribution is -0.116. The Hall–Kier alpha value is -3.21. The first-order valence-electron chi connectivity index (χ1n) is 11.6. The predicted molar refractivity (Wildman–Crippen MR) is 130 cm³/mol. The fourth-order valence-corrected chi connectivity index (χ4v) is 3.62. The monoisotopic (exact) mass is 490 g/mol. The molecule has 2 atom stereocenters. The largest absolute Gasteiger partial charge is 0.493 e. The van der Waals surface area contributed by atoms with Gasteiger partial charge in [0.15, 0.2) is 11.5 Å². The molecule has 1 aliphatic rings. The molecule has 4 N–H and O–H groups in total. The number of hydrogen-bond acceptors (Lipinski definition) is 9. The Morgan fingerprint density at radius 3 is 2.51 bits per heavy atom. The van der Waals surface area contributed by atoms with Gasteiger partial charge in [-0.15, -0.1) is 0 Å². The van der Waals surface area contributed by atoms with E-state index in [-0.39, 0.29) is 31.9 Å². The van der Waals surface area contributed by atoms with E-state index in [4.69, 9.17) is 28.8 Å². The normalized spacial score (nSPS) is 14.4. The molecule has 2 aromatic rings. The zero-order chi connectivity index (χ0) is 25.2. The molecule has 0 spiro atoms. The number of fused-ring (bicyclic) bond motifs is 1. The van der Waals surface area contributed by atoms with Crippen LogP contribution in [0.4, 0.5) is 5.69 Å². The highest BCUT2D eigenvalue weighted by Gasteiger charge is 2.23. The third-order valence-electron chi connectivity index (χ3n) is 5.40. The number of aliphatic hydroxyl groups is 2. The zero-order valence-corrected chi connectivity index (χ0v) is 20.3. The van der Waals surface area contributed by atoms with Gasteiger partial charge in [-0.05, 0) is 37.6 Å². The second kappa shape index (κ2) is 13.0. The molecule has 1 amide bonds. The first-order valence-corrected chi connectivity index (χ1v) is 11.6. The Balaban J connectivity index is 1.52. The quantitative estimate of drug-likeness (QED) is 0.233. The molecule has 0 saturated heterocycles. The van der Waals surface area contributed by atoms with Crippen molar-refractivity contribution in [3.8, 4) is 28.7 Å². The second-order valence-corrected chi connectivity index (χ2v) is 8.04. The van der Waals surface area contributed by atoms with Crippen molar-refractivity contribution in [1.82, 2.24) is 5.32 Å². The number of ether oxygens (including phenoxy) is 5. The van der Waals surface area contributed by atoms with Gasteiger partial charge in [0, 0.05) is 37.6 Å². The van der Waals surface area contributed by atoms with E-state index in [2.05, 4.69) is 10.6 Å². The summed E-state index contributed by atoms with van der Waals surface area (Å²) in [4.78, 5) is 11.9. The molecule has 2 unspecified atom stereocenters. The third-order valence-corrected chi connectivity index (χ3v) is 5.40. The highest BCUT2D eigenvalue weighted by molar-refractivity contribution is 5.96. The second-order valence-electron chi connectivity index (χ2n) is 8.04. The fraction of sp³-hybridized carbons (Fsp3) is 0.480. The van der Waals surface area contributed by atoms with Gasteiger partial charge >= 0.3 is 0 Å². The van der Waals surface area contributed by atoms with Crippen molar-refractivity contribution in [2.24, 2.45) is 0 Å². The Bertz CT molecular complexity index is 984. The van der Waals surface area contributed by atoms with Gasteiger partial charge in [-0.25, -0.2) is 0 Å². The number of benzene rings is 2. The SMILES string of the molecule is COc1ccc(OC(C)NCC(O)COc2ccc(OCCCO)c3c2CCC(=O)N3)cc1OC. The summed E-state index contributed by atoms with van der Waals surface area (Å²) in [6.45, 7) is 2.50. The number of carbonyl (C=O) groups is 1. The first kappa shape index (κ1) is 26.4. The lowest BCUT2D eigenvalue weighted by atomic mass is 10.0. The average Bonchev–Trinajstić information content (AvgIpc) is 2.86. The smallest absolute Gasteiger partial charge is 0.224 e. The average molecular weight is 491 g/mol. The van der Waals surface area contributed by atoms with Gasteiger partial charge in [-0.3, -0.25) is 10.1 Å². The molecule has 0 bridgehead atoms. The maximum absolute atomic E-state index is 11.9. The minimum Gasteiger partial charge on any atom is -0.493 e. The van der Waals surface area contributed by atoms with Gasteiger partial charge in [0.25, 0.3) is 0 Å². The van der Waals surface area contributed by atoms with Crippen LogP contribution in [-0.2, 0) is 11.2 Å². The van der Waals surface area contributed by atoms with E-state index in [0.717, 1.165) is 5.56 Å². The highest BCUT2D eigenvalue weighted by Crippen LogP contribution is 2.39. The number of carbonyl (C=O) groups excluding carboxylic acids is 1. The van der Waals surface area contributed by atoms with E-state index in [1.165, 1.54) is 0 Å². The van der Waals surface area contributed by atoms with Crippen LogP contribution in [0.15, 0.2) is 30.3 Å². The summed E-state index contributed by atoms with van der Waals surface area (Å²) >= 11 is 0. The summed E-state index contributed by atoms with van der Waals surface area (Å²) in [7, 11) is 3.13.